The molecule has 0 aliphatic carbocycles. The molecule has 1 aromatic heterocycles. The van der Waals surface area contributed by atoms with Crippen molar-refractivity contribution in [2.24, 2.45) is 0 Å². The Kier molecular flexibility index (Phi) is 6.32. The van der Waals surface area contributed by atoms with Gasteiger partial charge in [0, 0.05) is 38.0 Å². The van der Waals surface area contributed by atoms with Crippen LogP contribution in [-0.2, 0) is 16.1 Å². The first-order chi connectivity index (χ1) is 10.2. The van der Waals surface area contributed by atoms with Crippen molar-refractivity contribution < 1.29 is 9.53 Å². The van der Waals surface area contributed by atoms with Crippen LogP contribution in [0.15, 0.2) is 18.3 Å². The number of hydrogen-bond donors (Lipinski definition) is 1. The molecule has 5 nitrogen and oxygen atoms in total. The number of aromatic nitrogens is 1. The molecule has 116 valence electrons. The third-order valence-corrected chi connectivity index (χ3v) is 4.01. The number of nitrogens with zero attached hydrogens (tertiary/aromatic N) is 2. The number of pyridine rings is 1. The van der Waals surface area contributed by atoms with Crippen LogP contribution in [0.2, 0.25) is 0 Å². The number of hydrogen-bond acceptors (Lipinski definition) is 5. The van der Waals surface area contributed by atoms with Gasteiger partial charge in [-0.25, -0.2) is 4.98 Å². The summed E-state index contributed by atoms with van der Waals surface area (Å²) in [6, 6.07) is 4.04. The average molecular weight is 309 g/mol. The van der Waals surface area contributed by atoms with E-state index in [2.05, 4.69) is 22.1 Å². The summed E-state index contributed by atoms with van der Waals surface area (Å²) in [5, 5.41) is 2.91. The summed E-state index contributed by atoms with van der Waals surface area (Å²) in [6.07, 6.45) is 4.65. The number of carbonyl (C=O) groups is 1. The van der Waals surface area contributed by atoms with Crippen LogP contribution in [0, 0.1) is 0 Å². The van der Waals surface area contributed by atoms with E-state index in [0.29, 0.717) is 13.0 Å². The molecule has 0 aromatic carbocycles. The molecule has 1 atom stereocenters. The Hall–Kier alpha value is -1.27. The normalized spacial score (nSPS) is 18.6. The quantitative estimate of drug-likeness (QED) is 0.866. The number of carbonyl (C=O) groups excluding carboxylic acids is 1. The smallest absolute Gasteiger partial charge is 0.221 e. The van der Waals surface area contributed by atoms with Crippen molar-refractivity contribution in [3.05, 3.63) is 23.9 Å². The summed E-state index contributed by atoms with van der Waals surface area (Å²) in [6.45, 7) is 5.11. The molecule has 21 heavy (non-hydrogen) atoms. The number of amides is 1. The van der Waals surface area contributed by atoms with Gasteiger partial charge in [-0.3, -0.25) is 4.79 Å². The Bertz CT molecular complexity index is 453. The maximum absolute atomic E-state index is 11.6. The molecule has 0 saturated carbocycles. The van der Waals surface area contributed by atoms with Crippen molar-refractivity contribution in [1.82, 2.24) is 10.3 Å². The fourth-order valence-corrected chi connectivity index (χ4v) is 2.61. The number of thioether (sulfide) groups is 1. The van der Waals surface area contributed by atoms with E-state index >= 15 is 0 Å². The van der Waals surface area contributed by atoms with Gasteiger partial charge in [0.25, 0.3) is 0 Å². The van der Waals surface area contributed by atoms with Gasteiger partial charge in [-0.2, -0.15) is 11.8 Å². The van der Waals surface area contributed by atoms with E-state index in [-0.39, 0.29) is 12.0 Å². The van der Waals surface area contributed by atoms with Gasteiger partial charge in [-0.05, 0) is 24.8 Å². The average Bonchev–Trinajstić information content (AvgIpc) is 2.51. The lowest BCUT2D eigenvalue weighted by atomic mass is 10.2. The summed E-state index contributed by atoms with van der Waals surface area (Å²) >= 11 is 1.68. The minimum absolute atomic E-state index is 0.0930. The van der Waals surface area contributed by atoms with E-state index in [1.54, 1.807) is 11.8 Å². The SMILES string of the molecule is CSCCC(=O)NCc1ccc(N2CCO[C@@H](C)C2)nc1. The molecular formula is C15H23N3O2S. The third-order valence-electron chi connectivity index (χ3n) is 3.40. The molecule has 1 saturated heterocycles. The second-order valence-electron chi connectivity index (χ2n) is 5.17. The Morgan fingerprint density at radius 2 is 2.43 bits per heavy atom. The van der Waals surface area contributed by atoms with Gasteiger partial charge in [0.15, 0.2) is 0 Å². The molecule has 2 heterocycles. The molecule has 2 rings (SSSR count). The van der Waals surface area contributed by atoms with Gasteiger partial charge in [-0.1, -0.05) is 6.07 Å². The summed E-state index contributed by atoms with van der Waals surface area (Å²) in [7, 11) is 0. The maximum atomic E-state index is 11.6. The Morgan fingerprint density at radius 3 is 3.10 bits per heavy atom. The van der Waals surface area contributed by atoms with Crippen LogP contribution in [0.3, 0.4) is 0 Å². The van der Waals surface area contributed by atoms with Crippen molar-refractivity contribution >= 4 is 23.5 Å². The lowest BCUT2D eigenvalue weighted by molar-refractivity contribution is -0.120. The fourth-order valence-electron chi connectivity index (χ4n) is 2.22. The van der Waals surface area contributed by atoms with Gasteiger partial charge in [0.05, 0.1) is 12.7 Å². The van der Waals surface area contributed by atoms with Crippen molar-refractivity contribution in [3.63, 3.8) is 0 Å². The van der Waals surface area contributed by atoms with Crippen LogP contribution in [0.4, 0.5) is 5.82 Å². The standard InChI is InChI=1S/C15H23N3O2S/c1-12-11-18(6-7-20-12)14-4-3-13(9-16-14)10-17-15(19)5-8-21-2/h3-4,9,12H,5-8,10-11H2,1-2H3,(H,17,19)/t12-/m0/s1. The molecule has 0 radical (unpaired) electrons. The largest absolute Gasteiger partial charge is 0.375 e. The molecule has 1 amide bonds. The highest BCUT2D eigenvalue weighted by atomic mass is 32.2. The predicted octanol–water partition coefficient (Wildman–Crippen LogP) is 1.68. The minimum Gasteiger partial charge on any atom is -0.375 e. The van der Waals surface area contributed by atoms with E-state index in [4.69, 9.17) is 4.74 Å². The second-order valence-corrected chi connectivity index (χ2v) is 6.16. The number of anilines is 1. The van der Waals surface area contributed by atoms with E-state index < -0.39 is 0 Å². The zero-order valence-corrected chi connectivity index (χ0v) is 13.5. The molecule has 6 heteroatoms. The van der Waals surface area contributed by atoms with Crippen molar-refractivity contribution in [3.8, 4) is 0 Å². The molecule has 1 aliphatic rings. The third kappa shape index (κ3) is 5.21. The lowest BCUT2D eigenvalue weighted by Gasteiger charge is -2.32. The highest BCUT2D eigenvalue weighted by Gasteiger charge is 2.17. The van der Waals surface area contributed by atoms with Gasteiger partial charge < -0.3 is 15.0 Å². The van der Waals surface area contributed by atoms with Gasteiger partial charge in [-0.15, -0.1) is 0 Å². The highest BCUT2D eigenvalue weighted by molar-refractivity contribution is 7.98. The van der Waals surface area contributed by atoms with E-state index in [9.17, 15) is 4.79 Å². The molecule has 1 fully saturated rings. The Balaban J connectivity index is 1.83. The van der Waals surface area contributed by atoms with Crippen LogP contribution >= 0.6 is 11.8 Å². The van der Waals surface area contributed by atoms with Crippen LogP contribution in [0.25, 0.3) is 0 Å². The molecule has 0 bridgehead atoms. The maximum Gasteiger partial charge on any atom is 0.221 e. The molecular weight excluding hydrogens is 286 g/mol. The van der Waals surface area contributed by atoms with E-state index in [1.165, 1.54) is 0 Å². The van der Waals surface area contributed by atoms with Crippen molar-refractivity contribution in [1.29, 1.82) is 0 Å². The first-order valence-electron chi connectivity index (χ1n) is 7.26. The predicted molar refractivity (Wildman–Crippen MR) is 86.7 cm³/mol. The highest BCUT2D eigenvalue weighted by Crippen LogP contribution is 2.15. The van der Waals surface area contributed by atoms with Crippen LogP contribution in [0.1, 0.15) is 18.9 Å². The summed E-state index contributed by atoms with van der Waals surface area (Å²) in [5.41, 5.74) is 1.03. The number of ether oxygens (including phenoxy) is 1. The van der Waals surface area contributed by atoms with Crippen LogP contribution < -0.4 is 10.2 Å². The minimum atomic E-state index is 0.0930. The number of rotatable bonds is 6. The first-order valence-corrected chi connectivity index (χ1v) is 8.65. The molecule has 0 spiro atoms. The summed E-state index contributed by atoms with van der Waals surface area (Å²) in [4.78, 5) is 18.3. The van der Waals surface area contributed by atoms with Crippen LogP contribution in [-0.4, -0.2) is 48.7 Å². The Morgan fingerprint density at radius 1 is 1.57 bits per heavy atom. The molecule has 1 aliphatic heterocycles. The zero-order valence-electron chi connectivity index (χ0n) is 12.7. The monoisotopic (exact) mass is 309 g/mol. The lowest BCUT2D eigenvalue weighted by Crippen LogP contribution is -2.41. The first kappa shape index (κ1) is 16.1. The molecule has 0 unspecified atom stereocenters. The number of nitrogens with one attached hydrogen (secondary N) is 1. The Labute approximate surface area is 130 Å². The summed E-state index contributed by atoms with van der Waals surface area (Å²) < 4.78 is 5.53. The van der Waals surface area contributed by atoms with Gasteiger partial charge >= 0.3 is 0 Å². The van der Waals surface area contributed by atoms with Gasteiger partial charge in [0.1, 0.15) is 5.82 Å². The van der Waals surface area contributed by atoms with Crippen molar-refractivity contribution in [2.45, 2.75) is 26.0 Å². The molecule has 1 N–H and O–H groups in total. The summed E-state index contributed by atoms with van der Waals surface area (Å²) in [5.74, 6) is 1.93. The second kappa shape index (κ2) is 8.24. The van der Waals surface area contributed by atoms with E-state index in [0.717, 1.165) is 36.8 Å². The van der Waals surface area contributed by atoms with Gasteiger partial charge in [0.2, 0.25) is 5.91 Å². The van der Waals surface area contributed by atoms with Crippen LogP contribution in [0.5, 0.6) is 0 Å². The topological polar surface area (TPSA) is 54.5 Å². The van der Waals surface area contributed by atoms with E-state index in [1.807, 2.05) is 24.6 Å². The fraction of sp³-hybridized carbons (Fsp3) is 0.600. The zero-order chi connectivity index (χ0) is 15.1. The van der Waals surface area contributed by atoms with Crippen molar-refractivity contribution in [2.75, 3.05) is 36.6 Å². The number of morpholine rings is 1. The molecule has 1 aromatic rings.